The molecule has 2 heterocycles. The van der Waals surface area contributed by atoms with E-state index in [2.05, 4.69) is 37.6 Å². The van der Waals surface area contributed by atoms with Gasteiger partial charge in [0.25, 0.3) is 0 Å². The summed E-state index contributed by atoms with van der Waals surface area (Å²) in [4.78, 5) is 5.42. The van der Waals surface area contributed by atoms with Gasteiger partial charge in [-0.05, 0) is 40.9 Å². The summed E-state index contributed by atoms with van der Waals surface area (Å²) < 4.78 is 23.9. The van der Waals surface area contributed by atoms with Gasteiger partial charge in [0.15, 0.2) is 15.8 Å². The van der Waals surface area contributed by atoms with Crippen LogP contribution in [0.2, 0.25) is 0 Å². The molecule has 8 heteroatoms. The van der Waals surface area contributed by atoms with Crippen LogP contribution >= 0.6 is 27.3 Å². The smallest absolute Gasteiger partial charge is 0.191 e. The molecule has 5 nitrogen and oxygen atoms in total. The van der Waals surface area contributed by atoms with E-state index in [0.29, 0.717) is 12.4 Å². The first-order chi connectivity index (χ1) is 9.48. The molecule has 0 saturated carbocycles. The van der Waals surface area contributed by atoms with Crippen LogP contribution < -0.4 is 10.6 Å². The van der Waals surface area contributed by atoms with Gasteiger partial charge in [0.05, 0.1) is 15.3 Å². The first-order valence-electron chi connectivity index (χ1n) is 6.40. The highest BCUT2D eigenvalue weighted by molar-refractivity contribution is 9.11. The lowest BCUT2D eigenvalue weighted by Crippen LogP contribution is -2.44. The molecule has 0 spiro atoms. The Morgan fingerprint density at radius 3 is 2.90 bits per heavy atom. The first kappa shape index (κ1) is 15.8. The Morgan fingerprint density at radius 2 is 2.35 bits per heavy atom. The predicted molar refractivity (Wildman–Crippen MR) is 87.3 cm³/mol. The number of rotatable bonds is 4. The topological polar surface area (TPSA) is 70.6 Å². The minimum atomic E-state index is -2.86. The quantitative estimate of drug-likeness (QED) is 0.612. The number of hydrogen-bond donors (Lipinski definition) is 2. The Bertz CT molecular complexity index is 583. The van der Waals surface area contributed by atoms with Crippen LogP contribution in [0.4, 0.5) is 0 Å². The molecule has 1 aromatic heterocycles. The molecule has 2 rings (SSSR count). The second-order valence-corrected chi connectivity index (χ2v) is 9.48. The van der Waals surface area contributed by atoms with Crippen molar-refractivity contribution in [3.8, 4) is 0 Å². The van der Waals surface area contributed by atoms with Crippen molar-refractivity contribution < 1.29 is 8.42 Å². The van der Waals surface area contributed by atoms with Crippen molar-refractivity contribution in [3.63, 3.8) is 0 Å². The van der Waals surface area contributed by atoms with Gasteiger partial charge in [0.1, 0.15) is 0 Å². The first-order valence-corrected chi connectivity index (χ1v) is 9.83. The minimum absolute atomic E-state index is 0.0258. The maximum absolute atomic E-state index is 11.4. The number of nitrogens with zero attached hydrogens (tertiary/aromatic N) is 1. The lowest BCUT2D eigenvalue weighted by atomic mass is 10.3. The summed E-state index contributed by atoms with van der Waals surface area (Å²) in [5.74, 6) is 1.14. The number of thiophene rings is 1. The summed E-state index contributed by atoms with van der Waals surface area (Å²) in [5, 5.41) is 6.38. The second-order valence-electron chi connectivity index (χ2n) is 4.70. The molecule has 0 aliphatic carbocycles. The van der Waals surface area contributed by atoms with Crippen LogP contribution in [0.1, 0.15) is 11.3 Å². The fourth-order valence-corrected chi connectivity index (χ4v) is 5.24. The van der Waals surface area contributed by atoms with Gasteiger partial charge in [0.2, 0.25) is 0 Å². The van der Waals surface area contributed by atoms with Crippen LogP contribution in [0.15, 0.2) is 20.9 Å². The van der Waals surface area contributed by atoms with Crippen molar-refractivity contribution >= 4 is 43.1 Å². The number of sulfone groups is 1. The average Bonchev–Trinajstić information content (AvgIpc) is 2.94. The van der Waals surface area contributed by atoms with E-state index in [1.165, 1.54) is 4.88 Å². The van der Waals surface area contributed by atoms with E-state index >= 15 is 0 Å². The second kappa shape index (κ2) is 6.91. The molecular formula is C12H18BrN3O2S2. The van der Waals surface area contributed by atoms with E-state index in [4.69, 9.17) is 0 Å². The summed E-state index contributed by atoms with van der Waals surface area (Å²) in [6.45, 7) is 0.770. The van der Waals surface area contributed by atoms with Gasteiger partial charge in [-0.3, -0.25) is 4.99 Å². The summed E-state index contributed by atoms with van der Waals surface area (Å²) in [5.41, 5.74) is 0. The third-order valence-electron chi connectivity index (χ3n) is 3.09. The Labute approximate surface area is 131 Å². The molecule has 0 aromatic carbocycles. The van der Waals surface area contributed by atoms with E-state index in [-0.39, 0.29) is 17.5 Å². The molecule has 1 atom stereocenters. The van der Waals surface area contributed by atoms with E-state index < -0.39 is 9.84 Å². The van der Waals surface area contributed by atoms with Crippen LogP contribution in [0.5, 0.6) is 0 Å². The molecule has 112 valence electrons. The Kier molecular flexibility index (Phi) is 5.45. The minimum Gasteiger partial charge on any atom is -0.356 e. The molecule has 0 radical (unpaired) electrons. The molecule has 1 aromatic rings. The van der Waals surface area contributed by atoms with Gasteiger partial charge in [-0.25, -0.2) is 8.42 Å². The fourth-order valence-electron chi connectivity index (χ4n) is 2.09. The molecule has 1 fully saturated rings. The number of halogens is 1. The maximum Gasteiger partial charge on any atom is 0.191 e. The lowest BCUT2D eigenvalue weighted by Gasteiger charge is -2.15. The molecule has 1 aliphatic heterocycles. The number of nitrogens with one attached hydrogen (secondary N) is 2. The standard InChI is InChI=1S/C12H18BrN3O2S2/c1-14-12(16-9-5-7-20(17,18)8-9)15-6-4-10-2-3-11(13)19-10/h2-3,9H,4-8H2,1H3,(H2,14,15,16). The molecular weight excluding hydrogens is 362 g/mol. The summed E-state index contributed by atoms with van der Waals surface area (Å²) in [6, 6.07) is 4.11. The van der Waals surface area contributed by atoms with Crippen molar-refractivity contribution in [1.82, 2.24) is 10.6 Å². The molecule has 1 unspecified atom stereocenters. The Morgan fingerprint density at radius 1 is 1.55 bits per heavy atom. The van der Waals surface area contributed by atoms with Crippen molar-refractivity contribution in [1.29, 1.82) is 0 Å². The van der Waals surface area contributed by atoms with Gasteiger partial charge in [-0.15, -0.1) is 11.3 Å². The summed E-state index contributed by atoms with van der Waals surface area (Å²) >= 11 is 5.16. The summed E-state index contributed by atoms with van der Waals surface area (Å²) in [7, 11) is -1.16. The van der Waals surface area contributed by atoms with E-state index in [9.17, 15) is 8.42 Å². The highest BCUT2D eigenvalue weighted by atomic mass is 79.9. The number of hydrogen-bond acceptors (Lipinski definition) is 4. The number of guanidine groups is 1. The van der Waals surface area contributed by atoms with Crippen molar-refractivity contribution in [3.05, 3.63) is 20.8 Å². The molecule has 20 heavy (non-hydrogen) atoms. The van der Waals surface area contributed by atoms with Gasteiger partial charge >= 0.3 is 0 Å². The van der Waals surface area contributed by atoms with Crippen LogP contribution in [-0.2, 0) is 16.3 Å². The number of aliphatic imine (C=N–C) groups is 1. The van der Waals surface area contributed by atoms with E-state index in [1.54, 1.807) is 18.4 Å². The zero-order valence-corrected chi connectivity index (χ0v) is 14.4. The van der Waals surface area contributed by atoms with Crippen LogP contribution in [0, 0.1) is 0 Å². The van der Waals surface area contributed by atoms with Crippen molar-refractivity contribution in [2.75, 3.05) is 25.1 Å². The molecule has 0 amide bonds. The van der Waals surface area contributed by atoms with Gasteiger partial charge in [-0.2, -0.15) is 0 Å². The van der Waals surface area contributed by atoms with Crippen LogP contribution in [0.3, 0.4) is 0 Å². The maximum atomic E-state index is 11.4. The van der Waals surface area contributed by atoms with E-state index in [1.807, 2.05) is 6.07 Å². The summed E-state index contributed by atoms with van der Waals surface area (Å²) in [6.07, 6.45) is 1.57. The zero-order valence-electron chi connectivity index (χ0n) is 11.2. The Hall–Kier alpha value is -0.600. The third kappa shape index (κ3) is 4.75. The van der Waals surface area contributed by atoms with Crippen molar-refractivity contribution in [2.45, 2.75) is 18.9 Å². The molecule has 0 bridgehead atoms. The SMILES string of the molecule is CN=C(NCCc1ccc(Br)s1)NC1CCS(=O)(=O)C1. The van der Waals surface area contributed by atoms with Gasteiger partial charge in [-0.1, -0.05) is 0 Å². The van der Waals surface area contributed by atoms with Gasteiger partial charge in [0, 0.05) is 24.5 Å². The average molecular weight is 380 g/mol. The monoisotopic (exact) mass is 379 g/mol. The fraction of sp³-hybridized carbons (Fsp3) is 0.583. The zero-order chi connectivity index (χ0) is 14.6. The Balaban J connectivity index is 1.76. The van der Waals surface area contributed by atoms with Gasteiger partial charge < -0.3 is 10.6 Å². The third-order valence-corrected chi connectivity index (χ3v) is 6.54. The van der Waals surface area contributed by atoms with Crippen molar-refractivity contribution in [2.24, 2.45) is 4.99 Å². The largest absolute Gasteiger partial charge is 0.356 e. The van der Waals surface area contributed by atoms with Crippen LogP contribution in [0.25, 0.3) is 0 Å². The molecule has 1 aliphatic rings. The lowest BCUT2D eigenvalue weighted by molar-refractivity contribution is 0.599. The highest BCUT2D eigenvalue weighted by Crippen LogP contribution is 2.22. The predicted octanol–water partition coefficient (Wildman–Crippen LogP) is 1.41. The molecule has 1 saturated heterocycles. The van der Waals surface area contributed by atoms with E-state index in [0.717, 1.165) is 16.8 Å². The normalized spacial score (nSPS) is 21.9. The highest BCUT2D eigenvalue weighted by Gasteiger charge is 2.28. The molecule has 2 N–H and O–H groups in total. The van der Waals surface area contributed by atoms with Crippen LogP contribution in [-0.4, -0.2) is 45.5 Å².